The summed E-state index contributed by atoms with van der Waals surface area (Å²) in [7, 11) is 0. The number of halogens is 3. The van der Waals surface area contributed by atoms with Gasteiger partial charge in [-0.2, -0.15) is 13.2 Å². The molecule has 31 heavy (non-hydrogen) atoms. The molecule has 0 bridgehead atoms. The Morgan fingerprint density at radius 1 is 1.35 bits per heavy atom. The van der Waals surface area contributed by atoms with Gasteiger partial charge in [0.05, 0.1) is 0 Å². The fourth-order valence-electron chi connectivity index (χ4n) is 2.95. The molecule has 2 N–H and O–H groups in total. The van der Waals surface area contributed by atoms with Gasteiger partial charge in [-0.3, -0.25) is 14.6 Å². The van der Waals surface area contributed by atoms with Gasteiger partial charge in [0, 0.05) is 24.7 Å². The summed E-state index contributed by atoms with van der Waals surface area (Å²) in [6.07, 6.45) is -1.98. The highest BCUT2D eigenvalue weighted by molar-refractivity contribution is 8.15. The molecule has 1 aromatic carbocycles. The summed E-state index contributed by atoms with van der Waals surface area (Å²) >= 11 is 1.38. The van der Waals surface area contributed by atoms with Gasteiger partial charge in [-0.05, 0) is 37.8 Å². The summed E-state index contributed by atoms with van der Waals surface area (Å²) in [5, 5.41) is 10.2. The predicted molar refractivity (Wildman–Crippen MR) is 112 cm³/mol. The number of nitrogens with zero attached hydrogens (tertiary/aromatic N) is 2. The molecule has 0 aliphatic carbocycles. The van der Waals surface area contributed by atoms with Gasteiger partial charge in [-0.1, -0.05) is 36.9 Å². The minimum atomic E-state index is -5.08. The second-order valence-corrected chi connectivity index (χ2v) is 8.26. The van der Waals surface area contributed by atoms with E-state index in [9.17, 15) is 22.8 Å². The molecule has 2 unspecified atom stereocenters. The van der Waals surface area contributed by atoms with Gasteiger partial charge in [0.25, 0.3) is 0 Å². The Bertz CT molecular complexity index is 860. The number of hydrogen-bond acceptors (Lipinski definition) is 5. The molecule has 0 spiro atoms. The molecule has 0 saturated carbocycles. The van der Waals surface area contributed by atoms with Crippen LogP contribution in [0, 0.1) is 0 Å². The van der Waals surface area contributed by atoms with Crippen molar-refractivity contribution >= 4 is 40.4 Å². The summed E-state index contributed by atoms with van der Waals surface area (Å²) in [6.45, 7) is 4.80. The fraction of sp³-hybridized carbons (Fsp3) is 0.500. The predicted octanol–water partition coefficient (Wildman–Crippen LogP) is 3.38. The summed E-state index contributed by atoms with van der Waals surface area (Å²) in [5.74, 6) is -2.85. The number of fused-ring (bicyclic) bond motifs is 1. The van der Waals surface area contributed by atoms with Crippen molar-refractivity contribution in [3.05, 3.63) is 29.8 Å². The highest BCUT2D eigenvalue weighted by atomic mass is 32.2. The average Bonchev–Trinajstić information content (AvgIpc) is 3.05. The van der Waals surface area contributed by atoms with Crippen LogP contribution in [0.1, 0.15) is 38.7 Å². The molecule has 2 atom stereocenters. The fourth-order valence-corrected chi connectivity index (χ4v) is 4.02. The van der Waals surface area contributed by atoms with Gasteiger partial charge >= 0.3 is 12.1 Å². The lowest BCUT2D eigenvalue weighted by Crippen LogP contribution is -2.38. The van der Waals surface area contributed by atoms with Gasteiger partial charge in [0.15, 0.2) is 5.17 Å². The normalized spacial score (nSPS) is 20.4. The smallest absolute Gasteiger partial charge is 0.475 e. The topological polar surface area (TPSA) is 99.1 Å². The number of aliphatic imine (C=N–C) groups is 1. The van der Waals surface area contributed by atoms with E-state index in [1.807, 2.05) is 30.0 Å². The molecule has 1 saturated heterocycles. The molecular formula is C20H24F3N3O4S. The first-order valence-corrected chi connectivity index (χ1v) is 10.6. The summed E-state index contributed by atoms with van der Waals surface area (Å²) in [6, 6.07) is 8.20. The van der Waals surface area contributed by atoms with E-state index in [0.717, 1.165) is 31.5 Å². The Morgan fingerprint density at radius 2 is 2.00 bits per heavy atom. The van der Waals surface area contributed by atoms with Crippen molar-refractivity contribution < 1.29 is 32.7 Å². The number of carbonyl (C=O) groups excluding carboxylic acids is 2. The van der Waals surface area contributed by atoms with E-state index in [2.05, 4.69) is 23.3 Å². The lowest BCUT2D eigenvalue weighted by atomic mass is 10.0. The van der Waals surface area contributed by atoms with Crippen LogP contribution in [0.3, 0.4) is 0 Å². The first kappa shape index (κ1) is 24.7. The van der Waals surface area contributed by atoms with Crippen LogP contribution < -0.4 is 10.2 Å². The molecule has 2 aliphatic rings. The number of alkyl halides is 3. The van der Waals surface area contributed by atoms with Crippen molar-refractivity contribution in [1.29, 1.82) is 0 Å². The van der Waals surface area contributed by atoms with Crippen molar-refractivity contribution in [2.24, 2.45) is 4.99 Å². The molecule has 7 nitrogen and oxygen atoms in total. The molecule has 2 aliphatic heterocycles. The molecule has 1 aromatic rings. The van der Waals surface area contributed by atoms with Crippen LogP contribution in [-0.2, 0) is 20.8 Å². The van der Waals surface area contributed by atoms with Gasteiger partial charge in [-0.15, -0.1) is 0 Å². The minimum Gasteiger partial charge on any atom is -0.475 e. The number of rotatable bonds is 4. The molecule has 3 rings (SSSR count). The Morgan fingerprint density at radius 3 is 2.61 bits per heavy atom. The maximum atomic E-state index is 12.7. The first-order chi connectivity index (χ1) is 14.5. The minimum absolute atomic E-state index is 0.0135. The number of aryl methyl sites for hydroxylation is 1. The van der Waals surface area contributed by atoms with E-state index < -0.39 is 12.1 Å². The van der Waals surface area contributed by atoms with E-state index >= 15 is 0 Å². The monoisotopic (exact) mass is 459 g/mol. The number of aliphatic carboxylic acids is 1. The molecule has 170 valence electrons. The zero-order valence-electron chi connectivity index (χ0n) is 17.1. The van der Waals surface area contributed by atoms with Crippen LogP contribution in [0.15, 0.2) is 29.3 Å². The third-order valence-corrected chi connectivity index (χ3v) is 5.81. The van der Waals surface area contributed by atoms with Gasteiger partial charge < -0.3 is 15.3 Å². The number of hydrogen-bond donors (Lipinski definition) is 2. The van der Waals surface area contributed by atoms with E-state index in [1.165, 1.54) is 17.3 Å². The molecule has 11 heteroatoms. The highest BCUT2D eigenvalue weighted by Crippen LogP contribution is 2.30. The van der Waals surface area contributed by atoms with E-state index in [1.54, 1.807) is 0 Å². The van der Waals surface area contributed by atoms with Crippen molar-refractivity contribution in [2.75, 3.05) is 11.4 Å². The maximum absolute atomic E-state index is 12.7. The van der Waals surface area contributed by atoms with E-state index in [-0.39, 0.29) is 29.5 Å². The Kier molecular flexibility index (Phi) is 8.49. The standard InChI is InChI=1S/C18H23N3O2S.C2HF3O2/c1-3-12(2)19-18-20-17(23)15(24-18)11-16(22)21-10-6-8-13-7-4-5-9-14(13)21;3-2(4,5)1(6)7/h4-5,7,9,12,15H,3,6,8,10-11H2,1-2H3,(H,19,20,23);(H,6,7). The van der Waals surface area contributed by atoms with Crippen molar-refractivity contribution in [1.82, 2.24) is 5.32 Å². The molecule has 2 amide bonds. The third-order valence-electron chi connectivity index (χ3n) is 4.72. The van der Waals surface area contributed by atoms with E-state index in [0.29, 0.717) is 5.17 Å². The van der Waals surface area contributed by atoms with Gasteiger partial charge in [0.1, 0.15) is 5.25 Å². The Balaban J connectivity index is 0.000000423. The lowest BCUT2D eigenvalue weighted by molar-refractivity contribution is -0.192. The molecular weight excluding hydrogens is 435 g/mol. The number of anilines is 1. The van der Waals surface area contributed by atoms with E-state index in [4.69, 9.17) is 9.90 Å². The SMILES string of the molecule is CCC(C)N=C1NC(=O)C(CC(=O)N2CCCc3ccccc32)S1.O=C(O)C(F)(F)F. The van der Waals surface area contributed by atoms with Crippen molar-refractivity contribution in [3.8, 4) is 0 Å². The van der Waals surface area contributed by atoms with Crippen LogP contribution in [0.2, 0.25) is 0 Å². The Labute approximate surface area is 182 Å². The van der Waals surface area contributed by atoms with Crippen LogP contribution >= 0.6 is 11.8 Å². The second-order valence-electron chi connectivity index (χ2n) is 7.07. The second kappa shape index (κ2) is 10.7. The third kappa shape index (κ3) is 6.98. The number of benzene rings is 1. The quantitative estimate of drug-likeness (QED) is 0.719. The molecule has 0 aromatic heterocycles. The number of nitrogens with one attached hydrogen (secondary N) is 1. The zero-order chi connectivity index (χ0) is 23.2. The first-order valence-electron chi connectivity index (χ1n) is 9.76. The van der Waals surface area contributed by atoms with Crippen molar-refractivity contribution in [2.45, 2.75) is 57.0 Å². The number of carboxylic acid groups (broad SMARTS) is 1. The number of para-hydroxylation sites is 1. The number of carbonyl (C=O) groups is 3. The highest BCUT2D eigenvalue weighted by Gasteiger charge is 2.38. The molecule has 1 fully saturated rings. The van der Waals surface area contributed by atoms with Gasteiger partial charge in [-0.25, -0.2) is 4.79 Å². The summed E-state index contributed by atoms with van der Waals surface area (Å²) in [5.41, 5.74) is 2.20. The average molecular weight is 459 g/mol. The summed E-state index contributed by atoms with van der Waals surface area (Å²) in [4.78, 5) is 40.1. The van der Waals surface area contributed by atoms with Crippen LogP contribution in [-0.4, -0.2) is 52.1 Å². The van der Waals surface area contributed by atoms with Crippen molar-refractivity contribution in [3.63, 3.8) is 0 Å². The van der Waals surface area contributed by atoms with Crippen LogP contribution in [0.4, 0.5) is 18.9 Å². The largest absolute Gasteiger partial charge is 0.490 e. The lowest BCUT2D eigenvalue weighted by Gasteiger charge is -2.29. The molecule has 2 heterocycles. The number of carboxylic acids is 1. The zero-order valence-corrected chi connectivity index (χ0v) is 17.9. The van der Waals surface area contributed by atoms with Crippen LogP contribution in [0.5, 0.6) is 0 Å². The van der Waals surface area contributed by atoms with Crippen LogP contribution in [0.25, 0.3) is 0 Å². The maximum Gasteiger partial charge on any atom is 0.490 e. The summed E-state index contributed by atoms with van der Waals surface area (Å²) < 4.78 is 31.7. The van der Waals surface area contributed by atoms with Gasteiger partial charge in [0.2, 0.25) is 11.8 Å². The molecule has 0 radical (unpaired) electrons. The Hall–Kier alpha value is -2.56. The number of amidine groups is 1. The number of amides is 2. The number of thioether (sulfide) groups is 1.